The number of alkyl halides is 3. The minimum Gasteiger partial charge on any atom is -0.438 e. The van der Waals surface area contributed by atoms with Crippen LogP contribution in [0.25, 0.3) is 10.9 Å². The van der Waals surface area contributed by atoms with Gasteiger partial charge >= 0.3 is 6.18 Å². The summed E-state index contributed by atoms with van der Waals surface area (Å²) in [7, 11) is 0. The molecule has 0 bridgehead atoms. The third-order valence-electron chi connectivity index (χ3n) is 3.19. The summed E-state index contributed by atoms with van der Waals surface area (Å²) in [5, 5.41) is 9.71. The van der Waals surface area contributed by atoms with Crippen LogP contribution in [0.15, 0.2) is 34.2 Å². The van der Waals surface area contributed by atoms with Gasteiger partial charge in [0, 0.05) is 23.5 Å². The van der Waals surface area contributed by atoms with Crippen LogP contribution in [0.5, 0.6) is 0 Å². The zero-order valence-corrected chi connectivity index (χ0v) is 12.5. The highest BCUT2D eigenvalue weighted by Crippen LogP contribution is 2.33. The number of hydrogen-bond donors (Lipinski definition) is 2. The highest BCUT2D eigenvalue weighted by molar-refractivity contribution is 8.00. The molecule has 0 aliphatic carbocycles. The van der Waals surface area contributed by atoms with E-state index in [9.17, 15) is 13.2 Å². The number of benzene rings is 1. The Kier molecular flexibility index (Phi) is 3.69. The van der Waals surface area contributed by atoms with E-state index in [1.807, 2.05) is 13.0 Å². The Bertz CT molecular complexity index is 907. The molecule has 0 amide bonds. The summed E-state index contributed by atoms with van der Waals surface area (Å²) in [6.45, 7) is 1.87. The van der Waals surface area contributed by atoms with Gasteiger partial charge in [-0.25, -0.2) is 0 Å². The Morgan fingerprint density at radius 3 is 2.83 bits per heavy atom. The molecule has 9 heteroatoms. The predicted octanol–water partition coefficient (Wildman–Crippen LogP) is 4.47. The number of rotatable bonds is 3. The van der Waals surface area contributed by atoms with Crippen molar-refractivity contribution in [1.82, 2.24) is 9.97 Å². The van der Waals surface area contributed by atoms with Crippen molar-refractivity contribution in [2.45, 2.75) is 18.3 Å². The van der Waals surface area contributed by atoms with Gasteiger partial charge in [0.1, 0.15) is 12.3 Å². The fraction of sp³-hybridized carbons (Fsp3) is 0.143. The molecular formula is C14H9F3N4OS. The van der Waals surface area contributed by atoms with E-state index >= 15 is 0 Å². The summed E-state index contributed by atoms with van der Waals surface area (Å²) in [5.74, 6) is 0. The number of oxazole rings is 1. The fourth-order valence-corrected chi connectivity index (χ4v) is 2.73. The molecule has 1 aromatic carbocycles. The number of anilines is 1. The maximum Gasteiger partial charge on any atom is 0.436 e. The molecule has 0 aliphatic rings. The number of aryl methyl sites for hydroxylation is 1. The largest absolute Gasteiger partial charge is 0.438 e. The van der Waals surface area contributed by atoms with Crippen LogP contribution in [0.3, 0.4) is 0 Å². The zero-order valence-electron chi connectivity index (χ0n) is 11.7. The van der Waals surface area contributed by atoms with Gasteiger partial charge in [-0.1, -0.05) is 6.07 Å². The molecule has 0 fully saturated rings. The average molecular weight is 338 g/mol. The molecule has 2 heterocycles. The van der Waals surface area contributed by atoms with Crippen molar-refractivity contribution in [2.24, 2.45) is 0 Å². The van der Waals surface area contributed by atoms with Gasteiger partial charge in [-0.15, -0.1) is 0 Å². The Labute approximate surface area is 132 Å². The molecule has 0 aliphatic heterocycles. The lowest BCUT2D eigenvalue weighted by Gasteiger charge is -2.06. The van der Waals surface area contributed by atoms with Crippen LogP contribution in [0.1, 0.15) is 16.8 Å². The number of halogens is 3. The van der Waals surface area contributed by atoms with E-state index < -0.39 is 11.9 Å². The highest BCUT2D eigenvalue weighted by Gasteiger charge is 2.34. The highest BCUT2D eigenvalue weighted by atomic mass is 32.2. The van der Waals surface area contributed by atoms with Crippen molar-refractivity contribution in [3.63, 3.8) is 0 Å². The third-order valence-corrected chi connectivity index (χ3v) is 3.87. The molecule has 0 radical (unpaired) electrons. The van der Waals surface area contributed by atoms with E-state index in [1.54, 1.807) is 12.3 Å². The number of aromatic nitrogens is 2. The smallest absolute Gasteiger partial charge is 0.436 e. The third kappa shape index (κ3) is 2.85. The summed E-state index contributed by atoms with van der Waals surface area (Å²) >= 11 is 0.817. The lowest BCUT2D eigenvalue weighted by molar-refractivity contribution is -0.141. The minimum atomic E-state index is -4.54. The maximum absolute atomic E-state index is 12.5. The summed E-state index contributed by atoms with van der Waals surface area (Å²) in [6.07, 6.45) is -2.39. The number of fused-ring (bicyclic) bond motifs is 1. The minimum absolute atomic E-state index is 0.155. The van der Waals surface area contributed by atoms with Gasteiger partial charge in [0.05, 0.1) is 16.8 Å². The monoisotopic (exact) mass is 338 g/mol. The van der Waals surface area contributed by atoms with Gasteiger partial charge in [0.15, 0.2) is 5.69 Å². The van der Waals surface area contributed by atoms with Gasteiger partial charge < -0.3 is 14.1 Å². The van der Waals surface area contributed by atoms with E-state index in [1.165, 1.54) is 0 Å². The molecule has 0 saturated carbocycles. The number of aromatic amines is 1. The number of H-pyrrole nitrogens is 1. The van der Waals surface area contributed by atoms with Crippen molar-refractivity contribution in [2.75, 3.05) is 4.72 Å². The average Bonchev–Trinajstić information content (AvgIpc) is 3.13. The van der Waals surface area contributed by atoms with Gasteiger partial charge in [-0.3, -0.25) is 0 Å². The molecule has 0 unspecified atom stereocenters. The predicted molar refractivity (Wildman–Crippen MR) is 78.7 cm³/mol. The van der Waals surface area contributed by atoms with E-state index in [2.05, 4.69) is 20.8 Å². The van der Waals surface area contributed by atoms with Gasteiger partial charge in [-0.05, 0) is 18.6 Å². The van der Waals surface area contributed by atoms with Crippen LogP contribution >= 0.6 is 11.9 Å². The van der Waals surface area contributed by atoms with Crippen LogP contribution in [0, 0.1) is 18.3 Å². The molecular weight excluding hydrogens is 329 g/mol. The van der Waals surface area contributed by atoms with Crippen molar-refractivity contribution >= 4 is 28.5 Å². The van der Waals surface area contributed by atoms with Gasteiger partial charge in [0.25, 0.3) is 5.22 Å². The molecule has 2 N–H and O–H groups in total. The fourth-order valence-electron chi connectivity index (χ4n) is 2.13. The summed E-state index contributed by atoms with van der Waals surface area (Å²) in [6, 6.07) is 5.67. The second-order valence-electron chi connectivity index (χ2n) is 4.69. The molecule has 118 valence electrons. The zero-order chi connectivity index (χ0) is 16.6. The van der Waals surface area contributed by atoms with Gasteiger partial charge in [-0.2, -0.15) is 23.4 Å². The number of hydrogen-bond acceptors (Lipinski definition) is 5. The molecule has 5 nitrogen and oxygen atoms in total. The normalized spacial score (nSPS) is 11.6. The molecule has 2 aromatic heterocycles. The van der Waals surface area contributed by atoms with Crippen LogP contribution in [-0.2, 0) is 6.18 Å². The topological polar surface area (TPSA) is 77.6 Å². The van der Waals surface area contributed by atoms with Crippen LogP contribution in [0.4, 0.5) is 18.9 Å². The van der Waals surface area contributed by atoms with Crippen molar-refractivity contribution in [3.05, 3.63) is 41.4 Å². The van der Waals surface area contributed by atoms with E-state index in [4.69, 9.17) is 9.68 Å². The summed E-state index contributed by atoms with van der Waals surface area (Å²) in [5.41, 5.74) is 1.65. The molecule has 0 spiro atoms. The van der Waals surface area contributed by atoms with E-state index in [0.717, 1.165) is 22.9 Å². The molecule has 3 rings (SSSR count). The summed E-state index contributed by atoms with van der Waals surface area (Å²) in [4.78, 5) is 6.35. The maximum atomic E-state index is 12.5. The second kappa shape index (κ2) is 5.55. The molecule has 0 saturated heterocycles. The van der Waals surface area contributed by atoms with Crippen LogP contribution in [0.2, 0.25) is 0 Å². The quantitative estimate of drug-likeness (QED) is 0.689. The Morgan fingerprint density at radius 1 is 1.39 bits per heavy atom. The molecule has 23 heavy (non-hydrogen) atoms. The second-order valence-corrected chi connectivity index (χ2v) is 5.45. The first-order chi connectivity index (χ1) is 10.9. The standard InChI is InChI=1S/C14H9F3N4OS/c1-7-2-3-9(12-11(7)8(4-18)5-19-12)21-23-13-20-10(6-22-13)14(15,16)17/h2-3,5-6,19,21H,1H3. The first-order valence-corrected chi connectivity index (χ1v) is 7.18. The number of nitrogens with zero attached hydrogens (tertiary/aromatic N) is 2. The lowest BCUT2D eigenvalue weighted by atomic mass is 10.1. The van der Waals surface area contributed by atoms with Crippen LogP contribution < -0.4 is 4.72 Å². The van der Waals surface area contributed by atoms with E-state index in [-0.39, 0.29) is 5.22 Å². The van der Waals surface area contributed by atoms with Crippen molar-refractivity contribution in [1.29, 1.82) is 5.26 Å². The van der Waals surface area contributed by atoms with Crippen LogP contribution in [-0.4, -0.2) is 9.97 Å². The van der Waals surface area contributed by atoms with Gasteiger partial charge in [0.2, 0.25) is 0 Å². The Morgan fingerprint density at radius 2 is 2.17 bits per heavy atom. The first-order valence-electron chi connectivity index (χ1n) is 6.36. The SMILES string of the molecule is Cc1ccc(NSc2nc(C(F)(F)F)co2)c2[nH]cc(C#N)c12. The lowest BCUT2D eigenvalue weighted by Crippen LogP contribution is -2.04. The summed E-state index contributed by atoms with van der Waals surface area (Å²) < 4.78 is 45.1. The number of nitriles is 1. The Balaban J connectivity index is 1.86. The van der Waals surface area contributed by atoms with E-state index in [0.29, 0.717) is 23.0 Å². The first kappa shape index (κ1) is 15.3. The number of nitrogens with one attached hydrogen (secondary N) is 2. The molecule has 3 aromatic rings. The Hall–Kier alpha value is -2.60. The van der Waals surface area contributed by atoms with Crippen molar-refractivity contribution in [3.8, 4) is 6.07 Å². The van der Waals surface area contributed by atoms with Crippen molar-refractivity contribution < 1.29 is 17.6 Å². The molecule has 0 atom stereocenters.